The van der Waals surface area contributed by atoms with Gasteiger partial charge in [-0.15, -0.1) is 0 Å². The number of aliphatic carboxylic acids is 1. The third kappa shape index (κ3) is 2.08. The first-order valence-electron chi connectivity index (χ1n) is 5.32. The highest BCUT2D eigenvalue weighted by atomic mass is 16.4. The van der Waals surface area contributed by atoms with E-state index in [2.05, 4.69) is 13.8 Å². The second-order valence-corrected chi connectivity index (χ2v) is 4.86. The summed E-state index contributed by atoms with van der Waals surface area (Å²) in [6.45, 7) is 5.85. The quantitative estimate of drug-likeness (QED) is 0.715. The van der Waals surface area contributed by atoms with Gasteiger partial charge < -0.3 is 10.2 Å². The molecule has 1 rings (SSSR count). The molecule has 0 heterocycles. The van der Waals surface area contributed by atoms with Gasteiger partial charge in [-0.1, -0.05) is 13.8 Å². The average molecular weight is 200 g/mol. The van der Waals surface area contributed by atoms with Gasteiger partial charge in [-0.3, -0.25) is 4.79 Å². The van der Waals surface area contributed by atoms with Gasteiger partial charge in [0.1, 0.15) is 0 Å². The van der Waals surface area contributed by atoms with Gasteiger partial charge in [0, 0.05) is 0 Å². The van der Waals surface area contributed by atoms with E-state index in [4.69, 9.17) is 5.11 Å². The van der Waals surface area contributed by atoms with Crippen molar-refractivity contribution in [1.82, 2.24) is 0 Å². The van der Waals surface area contributed by atoms with Crippen LogP contribution in [0, 0.1) is 17.8 Å². The highest BCUT2D eigenvalue weighted by Gasteiger charge is 2.43. The fourth-order valence-electron chi connectivity index (χ4n) is 2.25. The molecule has 1 aliphatic carbocycles. The maximum absolute atomic E-state index is 10.8. The van der Waals surface area contributed by atoms with Gasteiger partial charge in [-0.05, 0) is 38.0 Å². The fraction of sp³-hybridized carbons (Fsp3) is 0.909. The van der Waals surface area contributed by atoms with Crippen molar-refractivity contribution in [3.8, 4) is 0 Å². The summed E-state index contributed by atoms with van der Waals surface area (Å²) in [6.07, 6.45) is 2.16. The smallest absolute Gasteiger partial charge is 0.309 e. The van der Waals surface area contributed by atoms with E-state index in [1.807, 2.05) is 0 Å². The number of carboxylic acids is 1. The Hall–Kier alpha value is -0.570. The summed E-state index contributed by atoms with van der Waals surface area (Å²) in [5.41, 5.74) is -0.988. The van der Waals surface area contributed by atoms with Crippen LogP contribution in [0.3, 0.4) is 0 Å². The summed E-state index contributed by atoms with van der Waals surface area (Å²) in [5.74, 6) is -0.543. The number of aliphatic hydroxyl groups is 1. The van der Waals surface area contributed by atoms with E-state index in [-0.39, 0.29) is 0 Å². The molecule has 0 bridgehead atoms. The molecule has 82 valence electrons. The molecule has 1 aliphatic rings. The van der Waals surface area contributed by atoms with Crippen LogP contribution in [-0.2, 0) is 4.79 Å². The molecule has 0 saturated heterocycles. The molecule has 0 aromatic carbocycles. The Morgan fingerprint density at radius 2 is 2.00 bits per heavy atom. The number of hydrogen-bond acceptors (Lipinski definition) is 2. The van der Waals surface area contributed by atoms with Crippen molar-refractivity contribution in [2.75, 3.05) is 0 Å². The van der Waals surface area contributed by atoms with Crippen molar-refractivity contribution in [3.63, 3.8) is 0 Å². The molecule has 1 saturated carbocycles. The van der Waals surface area contributed by atoms with E-state index in [0.717, 1.165) is 6.42 Å². The number of rotatable bonds is 2. The maximum Gasteiger partial charge on any atom is 0.309 e. The van der Waals surface area contributed by atoms with E-state index in [0.29, 0.717) is 24.7 Å². The normalized spacial score (nSPS) is 40.6. The minimum atomic E-state index is -0.988. The summed E-state index contributed by atoms with van der Waals surface area (Å²) in [5, 5.41) is 19.1. The van der Waals surface area contributed by atoms with Gasteiger partial charge in [0.15, 0.2) is 0 Å². The molecular formula is C11H20O3. The molecule has 0 aromatic rings. The average Bonchev–Trinajstić information content (AvgIpc) is 2.11. The molecule has 3 nitrogen and oxygen atoms in total. The van der Waals surface area contributed by atoms with Crippen LogP contribution in [0.2, 0.25) is 0 Å². The molecule has 0 radical (unpaired) electrons. The predicted molar refractivity (Wildman–Crippen MR) is 53.9 cm³/mol. The third-order valence-electron chi connectivity index (χ3n) is 3.86. The Labute approximate surface area is 85.1 Å². The van der Waals surface area contributed by atoms with Crippen LogP contribution >= 0.6 is 0 Å². The van der Waals surface area contributed by atoms with Crippen molar-refractivity contribution in [3.05, 3.63) is 0 Å². The molecule has 2 N–H and O–H groups in total. The van der Waals surface area contributed by atoms with E-state index < -0.39 is 17.5 Å². The third-order valence-corrected chi connectivity index (χ3v) is 3.86. The molecule has 0 aliphatic heterocycles. The molecule has 0 spiro atoms. The van der Waals surface area contributed by atoms with Crippen molar-refractivity contribution < 1.29 is 15.0 Å². The van der Waals surface area contributed by atoms with Crippen LogP contribution in [-0.4, -0.2) is 21.8 Å². The minimum Gasteiger partial charge on any atom is -0.481 e. The van der Waals surface area contributed by atoms with E-state index >= 15 is 0 Å². The highest BCUT2D eigenvalue weighted by Crippen LogP contribution is 2.40. The first-order valence-corrected chi connectivity index (χ1v) is 5.32. The Balaban J connectivity index is 2.71. The van der Waals surface area contributed by atoms with Crippen LogP contribution in [0.5, 0.6) is 0 Å². The summed E-state index contributed by atoms with van der Waals surface area (Å²) in [6, 6.07) is 0. The lowest BCUT2D eigenvalue weighted by molar-refractivity contribution is -0.155. The lowest BCUT2D eigenvalue weighted by Gasteiger charge is -2.41. The number of hydrogen-bond donors (Lipinski definition) is 2. The van der Waals surface area contributed by atoms with Gasteiger partial charge in [-0.25, -0.2) is 0 Å². The van der Waals surface area contributed by atoms with E-state index in [1.54, 1.807) is 6.92 Å². The number of carbonyl (C=O) groups is 1. The monoisotopic (exact) mass is 200 g/mol. The zero-order valence-corrected chi connectivity index (χ0v) is 9.16. The Morgan fingerprint density at radius 3 is 2.43 bits per heavy atom. The van der Waals surface area contributed by atoms with Crippen molar-refractivity contribution >= 4 is 5.97 Å². The standard InChI is InChI=1S/C11H20O3/c1-7-4-5-11(14,6-8(7)2)9(3)10(12)13/h7-9,14H,4-6H2,1-3H3,(H,12,13). The molecular weight excluding hydrogens is 180 g/mol. The summed E-state index contributed by atoms with van der Waals surface area (Å²) in [7, 11) is 0. The minimum absolute atomic E-state index is 0.413. The first kappa shape index (κ1) is 11.5. The summed E-state index contributed by atoms with van der Waals surface area (Å²) >= 11 is 0. The largest absolute Gasteiger partial charge is 0.481 e. The highest BCUT2D eigenvalue weighted by molar-refractivity contribution is 5.71. The van der Waals surface area contributed by atoms with Gasteiger partial charge in [0.25, 0.3) is 0 Å². The molecule has 0 amide bonds. The van der Waals surface area contributed by atoms with E-state index in [9.17, 15) is 9.90 Å². The second-order valence-electron chi connectivity index (χ2n) is 4.86. The Kier molecular flexibility index (Phi) is 3.20. The number of carboxylic acid groups (broad SMARTS) is 1. The lowest BCUT2D eigenvalue weighted by atomic mass is 9.68. The molecule has 14 heavy (non-hydrogen) atoms. The van der Waals surface area contributed by atoms with Crippen molar-refractivity contribution in [2.45, 2.75) is 45.6 Å². The van der Waals surface area contributed by atoms with Gasteiger partial charge >= 0.3 is 5.97 Å². The van der Waals surface area contributed by atoms with Gasteiger partial charge in [-0.2, -0.15) is 0 Å². The van der Waals surface area contributed by atoms with Crippen molar-refractivity contribution in [1.29, 1.82) is 0 Å². The second kappa shape index (κ2) is 3.89. The molecule has 0 aromatic heterocycles. The first-order chi connectivity index (χ1) is 6.37. The molecule has 4 unspecified atom stereocenters. The maximum atomic E-state index is 10.8. The molecule has 1 fully saturated rings. The van der Waals surface area contributed by atoms with Crippen LogP contribution in [0.15, 0.2) is 0 Å². The van der Waals surface area contributed by atoms with Crippen LogP contribution in [0.25, 0.3) is 0 Å². The van der Waals surface area contributed by atoms with Crippen LogP contribution in [0.1, 0.15) is 40.0 Å². The molecule has 3 heteroatoms. The fourth-order valence-corrected chi connectivity index (χ4v) is 2.25. The Morgan fingerprint density at radius 1 is 1.43 bits per heavy atom. The Bertz CT molecular complexity index is 227. The van der Waals surface area contributed by atoms with Gasteiger partial charge in [0.2, 0.25) is 0 Å². The predicted octanol–water partition coefficient (Wildman–Crippen LogP) is 1.89. The SMILES string of the molecule is CC1CCC(O)(C(C)C(=O)O)CC1C. The van der Waals surface area contributed by atoms with Gasteiger partial charge in [0.05, 0.1) is 11.5 Å². The topological polar surface area (TPSA) is 57.5 Å². The van der Waals surface area contributed by atoms with Crippen molar-refractivity contribution in [2.24, 2.45) is 17.8 Å². The zero-order valence-electron chi connectivity index (χ0n) is 9.16. The summed E-state index contributed by atoms with van der Waals surface area (Å²) < 4.78 is 0. The zero-order chi connectivity index (χ0) is 10.9. The molecule has 4 atom stereocenters. The lowest BCUT2D eigenvalue weighted by Crippen LogP contribution is -2.46. The van der Waals surface area contributed by atoms with E-state index in [1.165, 1.54) is 0 Å². The van der Waals surface area contributed by atoms with Crippen LogP contribution < -0.4 is 0 Å². The van der Waals surface area contributed by atoms with Crippen LogP contribution in [0.4, 0.5) is 0 Å². The summed E-state index contributed by atoms with van der Waals surface area (Å²) in [4.78, 5) is 10.8.